The zero-order valence-electron chi connectivity index (χ0n) is 9.73. The fourth-order valence-corrected chi connectivity index (χ4v) is 2.40. The van der Waals surface area contributed by atoms with Crippen LogP contribution in [0.25, 0.3) is 0 Å². The zero-order valence-corrected chi connectivity index (χ0v) is 10.5. The summed E-state index contributed by atoms with van der Waals surface area (Å²) in [6.45, 7) is 2.08. The van der Waals surface area contributed by atoms with Crippen LogP contribution < -0.4 is 10.5 Å². The first-order valence-electron chi connectivity index (χ1n) is 5.35. The largest absolute Gasteiger partial charge is 0.384 e. The van der Waals surface area contributed by atoms with Gasteiger partial charge in [0.15, 0.2) is 0 Å². The van der Waals surface area contributed by atoms with E-state index in [1.165, 1.54) is 0 Å². The van der Waals surface area contributed by atoms with Crippen molar-refractivity contribution >= 4 is 15.9 Å². The lowest BCUT2D eigenvalue weighted by atomic mass is 10.1. The summed E-state index contributed by atoms with van der Waals surface area (Å²) in [4.78, 5) is 0. The van der Waals surface area contributed by atoms with Crippen LogP contribution in [0.2, 0.25) is 0 Å². The second kappa shape index (κ2) is 5.79. The van der Waals surface area contributed by atoms with Gasteiger partial charge in [-0.15, -0.1) is 0 Å². The van der Waals surface area contributed by atoms with Gasteiger partial charge in [0.2, 0.25) is 10.0 Å². The first-order valence-corrected chi connectivity index (χ1v) is 7.00. The Kier molecular flexibility index (Phi) is 4.65. The summed E-state index contributed by atoms with van der Waals surface area (Å²) in [5.74, 6) is 0.140. The van der Waals surface area contributed by atoms with Gasteiger partial charge in [0.1, 0.15) is 5.84 Å². The molecule has 0 fully saturated rings. The van der Waals surface area contributed by atoms with E-state index in [0.717, 1.165) is 5.56 Å². The molecule has 0 aliphatic carbocycles. The molecule has 0 amide bonds. The van der Waals surface area contributed by atoms with Gasteiger partial charge in [-0.2, -0.15) is 0 Å². The molecule has 17 heavy (non-hydrogen) atoms. The van der Waals surface area contributed by atoms with E-state index in [1.54, 1.807) is 24.3 Å². The minimum Gasteiger partial charge on any atom is -0.384 e. The molecular formula is C11H17N3O2S. The van der Waals surface area contributed by atoms with Gasteiger partial charge >= 0.3 is 0 Å². The van der Waals surface area contributed by atoms with Gasteiger partial charge in [-0.1, -0.05) is 31.2 Å². The fourth-order valence-electron chi connectivity index (χ4n) is 1.34. The third-order valence-electron chi connectivity index (χ3n) is 2.23. The van der Waals surface area contributed by atoms with Crippen LogP contribution in [0, 0.1) is 5.41 Å². The molecule has 0 atom stereocenters. The van der Waals surface area contributed by atoms with Crippen molar-refractivity contribution in [3.05, 3.63) is 35.4 Å². The smallest absolute Gasteiger partial charge is 0.211 e. The summed E-state index contributed by atoms with van der Waals surface area (Å²) in [5.41, 5.74) is 6.79. The number of sulfonamides is 1. The summed E-state index contributed by atoms with van der Waals surface area (Å²) < 4.78 is 25.3. The molecule has 0 bridgehead atoms. The van der Waals surface area contributed by atoms with Gasteiger partial charge in [-0.3, -0.25) is 5.41 Å². The molecule has 5 nitrogen and oxygen atoms in total. The highest BCUT2D eigenvalue weighted by Gasteiger charge is 2.07. The molecule has 0 unspecified atom stereocenters. The third-order valence-corrected chi connectivity index (χ3v) is 3.76. The van der Waals surface area contributed by atoms with E-state index in [-0.39, 0.29) is 18.1 Å². The molecule has 0 aromatic heterocycles. The van der Waals surface area contributed by atoms with Gasteiger partial charge in [0.25, 0.3) is 0 Å². The Labute approximate surface area is 102 Å². The number of benzene rings is 1. The monoisotopic (exact) mass is 255 g/mol. The predicted molar refractivity (Wildman–Crippen MR) is 68.4 cm³/mol. The van der Waals surface area contributed by atoms with Crippen molar-refractivity contribution in [2.45, 2.75) is 19.9 Å². The molecule has 1 aromatic rings. The van der Waals surface area contributed by atoms with Gasteiger partial charge in [0.05, 0.1) is 5.75 Å². The maximum Gasteiger partial charge on any atom is 0.211 e. The maximum atomic E-state index is 11.4. The zero-order chi connectivity index (χ0) is 12.9. The molecule has 1 aromatic carbocycles. The Morgan fingerprint density at radius 1 is 1.35 bits per heavy atom. The number of nitrogens with two attached hydrogens (primary N) is 1. The van der Waals surface area contributed by atoms with Crippen LogP contribution in [0.15, 0.2) is 24.3 Å². The van der Waals surface area contributed by atoms with E-state index in [1.807, 2.05) is 6.92 Å². The van der Waals surface area contributed by atoms with Crippen molar-refractivity contribution in [1.82, 2.24) is 4.72 Å². The molecule has 0 spiro atoms. The van der Waals surface area contributed by atoms with Crippen molar-refractivity contribution in [2.24, 2.45) is 5.73 Å². The molecule has 0 saturated heterocycles. The number of nitrogens with one attached hydrogen (secondary N) is 2. The first-order chi connectivity index (χ1) is 7.94. The maximum absolute atomic E-state index is 11.4. The van der Waals surface area contributed by atoms with Gasteiger partial charge in [-0.25, -0.2) is 13.1 Å². The van der Waals surface area contributed by atoms with E-state index >= 15 is 0 Å². The highest BCUT2D eigenvalue weighted by molar-refractivity contribution is 7.89. The second-order valence-electron chi connectivity index (χ2n) is 3.75. The molecule has 94 valence electrons. The predicted octanol–water partition coefficient (Wildman–Crippen LogP) is 0.800. The van der Waals surface area contributed by atoms with Crippen LogP contribution >= 0.6 is 0 Å². The van der Waals surface area contributed by atoms with E-state index in [9.17, 15) is 8.42 Å². The summed E-state index contributed by atoms with van der Waals surface area (Å²) in [6.07, 6.45) is 0.596. The molecular weight excluding hydrogens is 238 g/mol. The van der Waals surface area contributed by atoms with Gasteiger partial charge in [0, 0.05) is 12.1 Å². The molecule has 0 aliphatic rings. The third kappa shape index (κ3) is 4.54. The second-order valence-corrected chi connectivity index (χ2v) is 5.68. The summed E-state index contributed by atoms with van der Waals surface area (Å²) >= 11 is 0. The van der Waals surface area contributed by atoms with Crippen molar-refractivity contribution in [2.75, 3.05) is 5.75 Å². The molecule has 6 heteroatoms. The molecule has 4 N–H and O–H groups in total. The Morgan fingerprint density at radius 2 is 1.94 bits per heavy atom. The summed E-state index contributed by atoms with van der Waals surface area (Å²) in [5, 5.41) is 7.23. The average molecular weight is 255 g/mol. The SMILES string of the molecule is CCCS(=O)(=O)NCc1ccc(C(=N)N)cc1. The van der Waals surface area contributed by atoms with Crippen LogP contribution in [0.4, 0.5) is 0 Å². The van der Waals surface area contributed by atoms with Gasteiger partial charge < -0.3 is 5.73 Å². The highest BCUT2D eigenvalue weighted by Crippen LogP contribution is 2.04. The minimum absolute atomic E-state index is 0.00288. The minimum atomic E-state index is -3.17. The number of hydrogen-bond acceptors (Lipinski definition) is 3. The topological polar surface area (TPSA) is 96.0 Å². The Hall–Kier alpha value is -1.40. The van der Waals surface area contributed by atoms with Crippen LogP contribution in [0.3, 0.4) is 0 Å². The van der Waals surface area contributed by atoms with Crippen LogP contribution in [-0.2, 0) is 16.6 Å². The summed E-state index contributed by atoms with van der Waals surface area (Å²) in [6, 6.07) is 6.91. The highest BCUT2D eigenvalue weighted by atomic mass is 32.2. The number of rotatable bonds is 6. The van der Waals surface area contributed by atoms with Crippen LogP contribution in [-0.4, -0.2) is 20.0 Å². The molecule has 1 rings (SSSR count). The lowest BCUT2D eigenvalue weighted by Gasteiger charge is -2.06. The normalized spacial score (nSPS) is 11.4. The number of nitrogen functional groups attached to an aromatic ring is 1. The lowest BCUT2D eigenvalue weighted by molar-refractivity contribution is 0.580. The van der Waals surface area contributed by atoms with Crippen molar-refractivity contribution in [3.8, 4) is 0 Å². The van der Waals surface area contributed by atoms with Crippen LogP contribution in [0.1, 0.15) is 24.5 Å². The quantitative estimate of drug-likeness (QED) is 0.518. The Morgan fingerprint density at radius 3 is 2.41 bits per heavy atom. The van der Waals surface area contributed by atoms with Crippen molar-refractivity contribution < 1.29 is 8.42 Å². The Balaban J connectivity index is 2.62. The van der Waals surface area contributed by atoms with E-state index in [0.29, 0.717) is 12.0 Å². The van der Waals surface area contributed by atoms with E-state index in [2.05, 4.69) is 4.72 Å². The average Bonchev–Trinajstić information content (AvgIpc) is 2.27. The summed E-state index contributed by atoms with van der Waals surface area (Å²) in [7, 11) is -3.17. The van der Waals surface area contributed by atoms with Crippen molar-refractivity contribution in [3.63, 3.8) is 0 Å². The lowest BCUT2D eigenvalue weighted by Crippen LogP contribution is -2.25. The van der Waals surface area contributed by atoms with E-state index in [4.69, 9.17) is 11.1 Å². The molecule has 0 saturated carbocycles. The van der Waals surface area contributed by atoms with Crippen molar-refractivity contribution in [1.29, 1.82) is 5.41 Å². The van der Waals surface area contributed by atoms with Crippen LogP contribution in [0.5, 0.6) is 0 Å². The van der Waals surface area contributed by atoms with E-state index < -0.39 is 10.0 Å². The van der Waals surface area contributed by atoms with Gasteiger partial charge in [-0.05, 0) is 12.0 Å². The number of amidine groups is 1. The Bertz CT molecular complexity index is 480. The molecule has 0 heterocycles. The fraction of sp³-hybridized carbons (Fsp3) is 0.364. The number of hydrogen-bond donors (Lipinski definition) is 3. The molecule has 0 aliphatic heterocycles. The first kappa shape index (κ1) is 13.7. The standard InChI is InChI=1S/C11H17N3O2S/c1-2-7-17(15,16)14-8-9-3-5-10(6-4-9)11(12)13/h3-6,14H,2,7-8H2,1H3,(H3,12,13). The molecule has 0 radical (unpaired) electrons.